The highest BCUT2D eigenvalue weighted by atomic mass is 32.2. The Bertz CT molecular complexity index is 720. The third-order valence-electron chi connectivity index (χ3n) is 3.35. The molecule has 3 rings (SSSR count). The van der Waals surface area contributed by atoms with Crippen LogP contribution in [-0.2, 0) is 4.79 Å². The van der Waals surface area contributed by atoms with Gasteiger partial charge in [0.15, 0.2) is 0 Å². The SMILES string of the molecule is CCCSc1nc2n(n1)C(c1cccs1)C(C(N)=O)=C(C)N2. The predicted molar refractivity (Wildman–Crippen MR) is 89.0 cm³/mol. The Morgan fingerprint density at radius 2 is 2.41 bits per heavy atom. The second kappa shape index (κ2) is 6.13. The molecule has 1 atom stereocenters. The molecule has 0 radical (unpaired) electrons. The summed E-state index contributed by atoms with van der Waals surface area (Å²) in [5.41, 5.74) is 6.87. The second-order valence-electron chi connectivity index (χ2n) is 4.96. The Kier molecular flexibility index (Phi) is 4.21. The maximum atomic E-state index is 11.9. The van der Waals surface area contributed by atoms with Crippen molar-refractivity contribution in [2.75, 3.05) is 11.1 Å². The maximum absolute atomic E-state index is 11.9. The van der Waals surface area contributed by atoms with Crippen molar-refractivity contribution in [3.05, 3.63) is 33.7 Å². The summed E-state index contributed by atoms with van der Waals surface area (Å²) in [6.07, 6.45) is 1.06. The molecule has 0 aliphatic carbocycles. The molecule has 1 aliphatic heterocycles. The molecular weight excluding hydrogens is 318 g/mol. The number of thiophene rings is 1. The van der Waals surface area contributed by atoms with Crippen LogP contribution < -0.4 is 11.1 Å². The van der Waals surface area contributed by atoms with Crippen LogP contribution in [0.15, 0.2) is 33.9 Å². The molecule has 0 saturated carbocycles. The summed E-state index contributed by atoms with van der Waals surface area (Å²) >= 11 is 3.19. The minimum Gasteiger partial charge on any atom is -0.366 e. The fourth-order valence-corrected chi connectivity index (χ4v) is 3.92. The molecule has 2 aromatic rings. The van der Waals surface area contributed by atoms with E-state index in [2.05, 4.69) is 22.3 Å². The van der Waals surface area contributed by atoms with E-state index >= 15 is 0 Å². The highest BCUT2D eigenvalue weighted by molar-refractivity contribution is 7.99. The number of thioether (sulfide) groups is 1. The number of hydrogen-bond acceptors (Lipinski definition) is 6. The van der Waals surface area contributed by atoms with Crippen molar-refractivity contribution in [3.63, 3.8) is 0 Å². The lowest BCUT2D eigenvalue weighted by molar-refractivity contribution is -0.115. The van der Waals surface area contributed by atoms with E-state index in [0.717, 1.165) is 22.7 Å². The van der Waals surface area contributed by atoms with Crippen molar-refractivity contribution in [3.8, 4) is 0 Å². The van der Waals surface area contributed by atoms with Gasteiger partial charge in [-0.05, 0) is 24.8 Å². The van der Waals surface area contributed by atoms with Crippen molar-refractivity contribution in [2.45, 2.75) is 31.5 Å². The van der Waals surface area contributed by atoms with Crippen LogP contribution in [0, 0.1) is 0 Å². The van der Waals surface area contributed by atoms with Gasteiger partial charge in [-0.25, -0.2) is 4.68 Å². The number of nitrogens with two attached hydrogens (primary N) is 1. The number of carbonyl (C=O) groups is 1. The van der Waals surface area contributed by atoms with Gasteiger partial charge in [0.1, 0.15) is 6.04 Å². The number of hydrogen-bond donors (Lipinski definition) is 2. The van der Waals surface area contributed by atoms with Crippen LogP contribution >= 0.6 is 23.1 Å². The molecule has 3 heterocycles. The second-order valence-corrected chi connectivity index (χ2v) is 7.00. The van der Waals surface area contributed by atoms with E-state index in [4.69, 9.17) is 5.73 Å². The highest BCUT2D eigenvalue weighted by Gasteiger charge is 2.33. The molecular formula is C14H17N5OS2. The summed E-state index contributed by atoms with van der Waals surface area (Å²) in [5, 5.41) is 10.4. The van der Waals surface area contributed by atoms with E-state index in [1.807, 2.05) is 24.4 Å². The third-order valence-corrected chi connectivity index (χ3v) is 5.31. The van der Waals surface area contributed by atoms with Gasteiger partial charge in [-0.3, -0.25) is 4.79 Å². The number of fused-ring (bicyclic) bond motifs is 1. The molecule has 6 nitrogen and oxygen atoms in total. The summed E-state index contributed by atoms with van der Waals surface area (Å²) in [6, 6.07) is 3.64. The van der Waals surface area contributed by atoms with Crippen molar-refractivity contribution >= 4 is 35.0 Å². The van der Waals surface area contributed by atoms with Gasteiger partial charge in [-0.1, -0.05) is 24.8 Å². The molecule has 1 aliphatic rings. The lowest BCUT2D eigenvalue weighted by Gasteiger charge is -2.26. The molecule has 0 saturated heterocycles. The zero-order chi connectivity index (χ0) is 15.7. The van der Waals surface area contributed by atoms with E-state index in [1.165, 1.54) is 0 Å². The average Bonchev–Trinajstić information content (AvgIpc) is 3.12. The van der Waals surface area contributed by atoms with Gasteiger partial charge in [-0.2, -0.15) is 4.98 Å². The summed E-state index contributed by atoms with van der Waals surface area (Å²) in [5.74, 6) is 1.18. The van der Waals surface area contributed by atoms with Crippen molar-refractivity contribution in [1.82, 2.24) is 14.8 Å². The van der Waals surface area contributed by atoms with Gasteiger partial charge >= 0.3 is 0 Å². The largest absolute Gasteiger partial charge is 0.366 e. The summed E-state index contributed by atoms with van der Waals surface area (Å²) in [6.45, 7) is 3.96. The molecule has 1 amide bonds. The smallest absolute Gasteiger partial charge is 0.248 e. The van der Waals surface area contributed by atoms with Gasteiger partial charge in [0.2, 0.25) is 17.0 Å². The van der Waals surface area contributed by atoms with E-state index in [-0.39, 0.29) is 6.04 Å². The zero-order valence-corrected chi connectivity index (χ0v) is 14.0. The minimum absolute atomic E-state index is 0.308. The summed E-state index contributed by atoms with van der Waals surface area (Å²) in [4.78, 5) is 17.5. The zero-order valence-electron chi connectivity index (χ0n) is 12.4. The van der Waals surface area contributed by atoms with Gasteiger partial charge in [0, 0.05) is 16.3 Å². The fraction of sp³-hybridized carbons (Fsp3) is 0.357. The van der Waals surface area contributed by atoms with Crippen molar-refractivity contribution in [1.29, 1.82) is 0 Å². The Morgan fingerprint density at radius 1 is 1.59 bits per heavy atom. The number of amides is 1. The quantitative estimate of drug-likeness (QED) is 0.820. The Hall–Kier alpha value is -1.80. The van der Waals surface area contributed by atoms with Gasteiger partial charge < -0.3 is 11.1 Å². The number of nitrogens with zero attached hydrogens (tertiary/aromatic N) is 3. The first-order valence-corrected chi connectivity index (χ1v) is 8.88. The van der Waals surface area contributed by atoms with E-state index < -0.39 is 5.91 Å². The number of aromatic nitrogens is 3. The molecule has 0 spiro atoms. The molecule has 0 fully saturated rings. The number of nitrogens with one attached hydrogen (secondary N) is 1. The molecule has 0 aromatic carbocycles. The van der Waals surface area contributed by atoms with Crippen LogP contribution in [0.5, 0.6) is 0 Å². The number of primary amides is 1. The van der Waals surface area contributed by atoms with Crippen LogP contribution in [0.3, 0.4) is 0 Å². The first-order chi connectivity index (χ1) is 10.6. The molecule has 8 heteroatoms. The average molecular weight is 335 g/mol. The number of rotatable bonds is 5. The Morgan fingerprint density at radius 3 is 3.05 bits per heavy atom. The Balaban J connectivity index is 2.07. The molecule has 3 N–H and O–H groups in total. The van der Waals surface area contributed by atoms with Gasteiger partial charge in [0.25, 0.3) is 0 Å². The van der Waals surface area contributed by atoms with E-state index in [9.17, 15) is 4.79 Å². The summed E-state index contributed by atoms with van der Waals surface area (Å²) in [7, 11) is 0. The maximum Gasteiger partial charge on any atom is 0.248 e. The lowest BCUT2D eigenvalue weighted by Crippen LogP contribution is -2.31. The predicted octanol–water partition coefficient (Wildman–Crippen LogP) is 2.62. The molecule has 2 aromatic heterocycles. The number of carbonyl (C=O) groups excluding carboxylic acids is 1. The van der Waals surface area contributed by atoms with Crippen molar-refractivity contribution in [2.24, 2.45) is 5.73 Å². The van der Waals surface area contributed by atoms with Gasteiger partial charge in [-0.15, -0.1) is 16.4 Å². The number of allylic oxidation sites excluding steroid dienone is 1. The van der Waals surface area contributed by atoms with Crippen LogP contribution in [0.4, 0.5) is 5.95 Å². The normalized spacial score (nSPS) is 17.3. The van der Waals surface area contributed by atoms with Crippen molar-refractivity contribution < 1.29 is 4.79 Å². The van der Waals surface area contributed by atoms with E-state index in [0.29, 0.717) is 16.7 Å². The monoisotopic (exact) mass is 335 g/mol. The van der Waals surface area contributed by atoms with Gasteiger partial charge in [0.05, 0.1) is 5.57 Å². The summed E-state index contributed by atoms with van der Waals surface area (Å²) < 4.78 is 1.76. The standard InChI is InChI=1S/C14H17N5OS2/c1-3-6-22-14-17-13-16-8(2)10(12(15)20)11(19(13)18-14)9-5-4-7-21-9/h4-5,7,11H,3,6H2,1-2H3,(H2,15,20)(H,16,17,18). The minimum atomic E-state index is -0.438. The number of anilines is 1. The Labute approximate surface area is 136 Å². The van der Waals surface area contributed by atoms with Crippen LogP contribution in [0.1, 0.15) is 31.2 Å². The first-order valence-electron chi connectivity index (χ1n) is 7.02. The highest BCUT2D eigenvalue weighted by Crippen LogP contribution is 2.37. The first kappa shape index (κ1) is 15.1. The van der Waals surface area contributed by atoms with E-state index in [1.54, 1.807) is 27.8 Å². The topological polar surface area (TPSA) is 85.8 Å². The molecule has 22 heavy (non-hydrogen) atoms. The lowest BCUT2D eigenvalue weighted by atomic mass is 10.0. The molecule has 0 bridgehead atoms. The molecule has 1 unspecified atom stereocenters. The van der Waals surface area contributed by atoms with Crippen LogP contribution in [0.2, 0.25) is 0 Å². The molecule has 116 valence electrons. The third kappa shape index (κ3) is 2.64. The fourth-order valence-electron chi connectivity index (χ4n) is 2.42. The van der Waals surface area contributed by atoms with Crippen LogP contribution in [0.25, 0.3) is 0 Å². The van der Waals surface area contributed by atoms with Crippen LogP contribution in [-0.4, -0.2) is 26.4 Å².